The molecule has 0 saturated carbocycles. The number of furan rings is 1. The van der Waals surface area contributed by atoms with Crippen LogP contribution in [0.25, 0.3) is 0 Å². The highest BCUT2D eigenvalue weighted by atomic mass is 35.5. The third kappa shape index (κ3) is 2.03. The lowest BCUT2D eigenvalue weighted by atomic mass is 10.1. The topological polar surface area (TPSA) is 39.2 Å². The van der Waals surface area contributed by atoms with Crippen molar-refractivity contribution in [1.29, 1.82) is 0 Å². The van der Waals surface area contributed by atoms with E-state index >= 15 is 0 Å². The van der Waals surface area contributed by atoms with Gasteiger partial charge in [0.1, 0.15) is 5.76 Å². The molecule has 0 bridgehead atoms. The van der Waals surface area contributed by atoms with E-state index in [0.29, 0.717) is 0 Å². The first kappa shape index (κ1) is 11.7. The fraction of sp³-hybridized carbons (Fsp3) is 0.333. The average molecular weight is 256 g/mol. The van der Waals surface area contributed by atoms with Gasteiger partial charge in [-0.25, -0.2) is 0 Å². The second-order valence-electron chi connectivity index (χ2n) is 3.74. The Morgan fingerprint density at radius 3 is 2.88 bits per heavy atom. The van der Waals surface area contributed by atoms with Gasteiger partial charge >= 0.3 is 0 Å². The number of nitrogens with two attached hydrogens (primary N) is 1. The molecule has 1 unspecified atom stereocenters. The molecule has 0 aliphatic heterocycles. The summed E-state index contributed by atoms with van der Waals surface area (Å²) in [4.78, 5) is 1.08. The van der Waals surface area contributed by atoms with Gasteiger partial charge in [-0.3, -0.25) is 0 Å². The van der Waals surface area contributed by atoms with Gasteiger partial charge in [-0.1, -0.05) is 18.5 Å². The zero-order valence-electron chi connectivity index (χ0n) is 9.29. The monoisotopic (exact) mass is 255 g/mol. The zero-order chi connectivity index (χ0) is 11.7. The largest absolute Gasteiger partial charge is 0.469 e. The minimum absolute atomic E-state index is 0.134. The summed E-state index contributed by atoms with van der Waals surface area (Å²) in [6.07, 6.45) is 2.55. The summed E-state index contributed by atoms with van der Waals surface area (Å²) in [7, 11) is 0. The number of hydrogen-bond acceptors (Lipinski definition) is 3. The van der Waals surface area contributed by atoms with Crippen molar-refractivity contribution in [2.45, 2.75) is 26.3 Å². The molecule has 0 spiro atoms. The maximum absolute atomic E-state index is 6.21. The Hall–Kier alpha value is -0.770. The van der Waals surface area contributed by atoms with E-state index in [1.807, 2.05) is 19.1 Å². The number of halogens is 1. The van der Waals surface area contributed by atoms with Gasteiger partial charge in [-0.05, 0) is 24.6 Å². The second-order valence-corrected chi connectivity index (χ2v) is 5.42. The number of rotatable bonds is 3. The molecule has 0 fully saturated rings. The van der Waals surface area contributed by atoms with Gasteiger partial charge in [0.15, 0.2) is 0 Å². The molecule has 2 nitrogen and oxygen atoms in total. The molecule has 2 heterocycles. The first-order valence-corrected chi connectivity index (χ1v) is 6.40. The zero-order valence-corrected chi connectivity index (χ0v) is 10.9. The van der Waals surface area contributed by atoms with Crippen LogP contribution in [0, 0.1) is 6.92 Å². The van der Waals surface area contributed by atoms with E-state index in [9.17, 15) is 0 Å². The maximum atomic E-state index is 6.21. The third-order valence-electron chi connectivity index (χ3n) is 2.62. The molecule has 0 aliphatic carbocycles. The van der Waals surface area contributed by atoms with Gasteiger partial charge in [0, 0.05) is 16.9 Å². The van der Waals surface area contributed by atoms with Crippen molar-refractivity contribution < 1.29 is 4.42 Å². The Morgan fingerprint density at radius 1 is 1.56 bits per heavy atom. The predicted octanol–water partition coefficient (Wildman–Crippen LogP) is 3.91. The Kier molecular flexibility index (Phi) is 3.38. The van der Waals surface area contributed by atoms with E-state index in [2.05, 4.69) is 6.92 Å². The second kappa shape index (κ2) is 4.62. The van der Waals surface area contributed by atoms with Gasteiger partial charge in [-0.2, -0.15) is 0 Å². The molecule has 0 radical (unpaired) electrons. The van der Waals surface area contributed by atoms with E-state index in [-0.39, 0.29) is 6.04 Å². The average Bonchev–Trinajstić information content (AvgIpc) is 2.85. The molecular weight excluding hydrogens is 242 g/mol. The van der Waals surface area contributed by atoms with E-state index < -0.39 is 0 Å². The molecule has 86 valence electrons. The van der Waals surface area contributed by atoms with Crippen LogP contribution in [-0.2, 0) is 6.42 Å². The molecule has 0 saturated heterocycles. The molecule has 0 aromatic carbocycles. The van der Waals surface area contributed by atoms with E-state index in [1.165, 1.54) is 11.3 Å². The van der Waals surface area contributed by atoms with Gasteiger partial charge in [0.25, 0.3) is 0 Å². The summed E-state index contributed by atoms with van der Waals surface area (Å²) in [6, 6.07) is 3.85. The molecular formula is C12H14ClNOS. The maximum Gasteiger partial charge on any atom is 0.108 e. The van der Waals surface area contributed by atoms with Gasteiger partial charge in [0.2, 0.25) is 0 Å². The van der Waals surface area contributed by atoms with Crippen molar-refractivity contribution in [2.75, 3.05) is 0 Å². The summed E-state index contributed by atoms with van der Waals surface area (Å²) in [5.74, 6) is 0.953. The third-order valence-corrected chi connectivity index (χ3v) is 4.26. The Labute approximate surface area is 104 Å². The Balaban J connectivity index is 2.35. The Morgan fingerprint density at radius 2 is 2.31 bits per heavy atom. The molecule has 1 atom stereocenters. The number of hydrogen-bond donors (Lipinski definition) is 1. The lowest BCUT2D eigenvalue weighted by molar-refractivity contribution is 0.509. The van der Waals surface area contributed by atoms with E-state index in [0.717, 1.165) is 32.5 Å². The highest BCUT2D eigenvalue weighted by Crippen LogP contribution is 2.34. The molecule has 2 rings (SSSR count). The first-order valence-electron chi connectivity index (χ1n) is 5.21. The Bertz CT molecular complexity index is 469. The normalized spacial score (nSPS) is 13.0. The molecule has 2 aromatic heterocycles. The number of aryl methyl sites for hydroxylation is 2. The van der Waals surface area contributed by atoms with Crippen LogP contribution in [0.5, 0.6) is 0 Å². The fourth-order valence-electron chi connectivity index (χ4n) is 1.71. The van der Waals surface area contributed by atoms with Crippen LogP contribution in [0.2, 0.25) is 4.34 Å². The van der Waals surface area contributed by atoms with Crippen LogP contribution in [0.3, 0.4) is 0 Å². The van der Waals surface area contributed by atoms with E-state index in [4.69, 9.17) is 21.8 Å². The summed E-state index contributed by atoms with van der Waals surface area (Å²) in [5.41, 5.74) is 8.35. The lowest BCUT2D eigenvalue weighted by Crippen LogP contribution is -2.11. The van der Waals surface area contributed by atoms with Crippen LogP contribution >= 0.6 is 22.9 Å². The molecule has 0 amide bonds. The molecule has 2 aromatic rings. The van der Waals surface area contributed by atoms with Crippen LogP contribution in [0.15, 0.2) is 22.8 Å². The molecule has 16 heavy (non-hydrogen) atoms. The van der Waals surface area contributed by atoms with Crippen molar-refractivity contribution in [2.24, 2.45) is 5.73 Å². The van der Waals surface area contributed by atoms with Crippen molar-refractivity contribution >= 4 is 22.9 Å². The van der Waals surface area contributed by atoms with Gasteiger partial charge in [-0.15, -0.1) is 11.3 Å². The SMILES string of the molecule is CCc1occc1C(N)c1cc(C)c(Cl)s1. The van der Waals surface area contributed by atoms with Gasteiger partial charge in [0.05, 0.1) is 16.6 Å². The summed E-state index contributed by atoms with van der Waals surface area (Å²) in [6.45, 7) is 4.05. The van der Waals surface area contributed by atoms with Gasteiger partial charge < -0.3 is 10.2 Å². The highest BCUT2D eigenvalue weighted by molar-refractivity contribution is 7.16. The van der Waals surface area contributed by atoms with Crippen LogP contribution in [0.4, 0.5) is 0 Å². The minimum Gasteiger partial charge on any atom is -0.469 e. The summed E-state index contributed by atoms with van der Waals surface area (Å²) < 4.78 is 6.20. The molecule has 4 heteroatoms. The minimum atomic E-state index is -0.134. The standard InChI is InChI=1S/C12H14ClNOS/c1-3-9-8(4-5-15-9)11(14)10-6-7(2)12(13)16-10/h4-6,11H,3,14H2,1-2H3. The van der Waals surface area contributed by atoms with Crippen LogP contribution in [0.1, 0.15) is 34.7 Å². The van der Waals surface area contributed by atoms with Crippen LogP contribution in [-0.4, -0.2) is 0 Å². The predicted molar refractivity (Wildman–Crippen MR) is 68.2 cm³/mol. The number of thiophene rings is 1. The molecule has 2 N–H and O–H groups in total. The summed E-state index contributed by atoms with van der Waals surface area (Å²) in [5, 5.41) is 0. The first-order chi connectivity index (χ1) is 7.63. The summed E-state index contributed by atoms with van der Waals surface area (Å²) >= 11 is 7.59. The van der Waals surface area contributed by atoms with Crippen molar-refractivity contribution in [1.82, 2.24) is 0 Å². The smallest absolute Gasteiger partial charge is 0.108 e. The van der Waals surface area contributed by atoms with Crippen molar-refractivity contribution in [3.05, 3.63) is 44.5 Å². The lowest BCUT2D eigenvalue weighted by Gasteiger charge is -2.08. The van der Waals surface area contributed by atoms with E-state index in [1.54, 1.807) is 6.26 Å². The highest BCUT2D eigenvalue weighted by Gasteiger charge is 2.17. The van der Waals surface area contributed by atoms with Crippen LogP contribution < -0.4 is 5.73 Å². The molecule has 0 aliphatic rings. The quantitative estimate of drug-likeness (QED) is 0.903. The fourth-order valence-corrected chi connectivity index (χ4v) is 2.94. The van der Waals surface area contributed by atoms with Crippen molar-refractivity contribution in [3.63, 3.8) is 0 Å². The van der Waals surface area contributed by atoms with Crippen molar-refractivity contribution in [3.8, 4) is 0 Å².